The molecule has 1 atom stereocenters. The molecule has 2 amide bonds. The van der Waals surface area contributed by atoms with Crippen molar-refractivity contribution >= 4 is 35.1 Å². The first-order chi connectivity index (χ1) is 13.3. The molecule has 2 aromatic rings. The molecule has 2 aromatic carbocycles. The Morgan fingerprint density at radius 3 is 2.39 bits per heavy atom. The molecule has 7 nitrogen and oxygen atoms in total. The Morgan fingerprint density at radius 2 is 1.79 bits per heavy atom. The zero-order valence-electron chi connectivity index (χ0n) is 15.7. The Labute approximate surface area is 168 Å². The number of esters is 1. The van der Waals surface area contributed by atoms with Crippen LogP contribution in [-0.2, 0) is 20.9 Å². The molecule has 8 heteroatoms. The largest absolute Gasteiger partial charge is 0.495 e. The number of hydrogen-bond acceptors (Lipinski definition) is 5. The van der Waals surface area contributed by atoms with Crippen molar-refractivity contribution in [3.05, 3.63) is 58.6 Å². The third kappa shape index (κ3) is 5.99. The van der Waals surface area contributed by atoms with Crippen molar-refractivity contribution in [2.24, 2.45) is 0 Å². The number of carbonyl (C=O) groups is 3. The Bertz CT molecular complexity index is 867. The average Bonchev–Trinajstić information content (AvgIpc) is 2.66. The first kappa shape index (κ1) is 21.2. The van der Waals surface area contributed by atoms with Crippen molar-refractivity contribution in [3.63, 3.8) is 0 Å². The van der Waals surface area contributed by atoms with E-state index in [2.05, 4.69) is 10.6 Å². The molecule has 0 bridgehead atoms. The monoisotopic (exact) mass is 404 g/mol. The number of carbonyl (C=O) groups excluding carboxylic acids is 3. The molecule has 1 unspecified atom stereocenters. The smallest absolute Gasteiger partial charge is 0.338 e. The second kappa shape index (κ2) is 9.75. The normalized spacial score (nSPS) is 11.3. The van der Waals surface area contributed by atoms with Crippen LogP contribution in [0.2, 0.25) is 5.02 Å². The zero-order valence-corrected chi connectivity index (χ0v) is 16.5. The fourth-order valence-corrected chi connectivity index (χ4v) is 2.45. The van der Waals surface area contributed by atoms with Crippen molar-refractivity contribution < 1.29 is 23.9 Å². The van der Waals surface area contributed by atoms with Gasteiger partial charge in [-0.05, 0) is 42.8 Å². The van der Waals surface area contributed by atoms with Gasteiger partial charge in [0.15, 0.2) is 6.10 Å². The van der Waals surface area contributed by atoms with E-state index in [0.717, 1.165) is 5.56 Å². The predicted molar refractivity (Wildman–Crippen MR) is 105 cm³/mol. The van der Waals surface area contributed by atoms with Gasteiger partial charge >= 0.3 is 5.97 Å². The van der Waals surface area contributed by atoms with E-state index in [1.165, 1.54) is 21.0 Å². The van der Waals surface area contributed by atoms with E-state index in [-0.39, 0.29) is 5.91 Å². The van der Waals surface area contributed by atoms with Crippen LogP contribution < -0.4 is 15.4 Å². The molecule has 0 aliphatic heterocycles. The summed E-state index contributed by atoms with van der Waals surface area (Å²) in [5.74, 6) is -0.853. The summed E-state index contributed by atoms with van der Waals surface area (Å²) in [7, 11) is 1.47. The summed E-state index contributed by atoms with van der Waals surface area (Å²) in [6.07, 6.45) is -1.03. The van der Waals surface area contributed by atoms with Crippen molar-refractivity contribution in [2.75, 3.05) is 12.4 Å². The first-order valence-electron chi connectivity index (χ1n) is 8.49. The number of halogens is 1. The van der Waals surface area contributed by atoms with E-state index < -0.39 is 18.0 Å². The lowest BCUT2D eigenvalue weighted by molar-refractivity contribution is -0.123. The molecule has 2 N–H and O–H groups in total. The molecule has 0 aromatic heterocycles. The number of methoxy groups -OCH3 is 1. The van der Waals surface area contributed by atoms with E-state index in [1.807, 2.05) is 0 Å². The molecule has 0 saturated carbocycles. The number of anilines is 1. The highest BCUT2D eigenvalue weighted by molar-refractivity contribution is 6.31. The van der Waals surface area contributed by atoms with Crippen molar-refractivity contribution in [2.45, 2.75) is 26.5 Å². The summed E-state index contributed by atoms with van der Waals surface area (Å²) in [6.45, 7) is 3.26. The van der Waals surface area contributed by atoms with Crippen molar-refractivity contribution in [3.8, 4) is 5.75 Å². The van der Waals surface area contributed by atoms with Crippen LogP contribution >= 0.6 is 11.6 Å². The van der Waals surface area contributed by atoms with Crippen molar-refractivity contribution in [1.82, 2.24) is 5.32 Å². The van der Waals surface area contributed by atoms with Gasteiger partial charge in [0.1, 0.15) is 5.75 Å². The third-order valence-electron chi connectivity index (χ3n) is 3.80. The van der Waals surface area contributed by atoms with Gasteiger partial charge in [0.2, 0.25) is 5.91 Å². The minimum atomic E-state index is -1.03. The van der Waals surface area contributed by atoms with Crippen LogP contribution in [0.4, 0.5) is 5.69 Å². The van der Waals surface area contributed by atoms with Crippen molar-refractivity contribution in [1.29, 1.82) is 0 Å². The Morgan fingerprint density at radius 1 is 1.11 bits per heavy atom. The lowest BCUT2D eigenvalue weighted by Gasteiger charge is -2.15. The minimum absolute atomic E-state index is 0.139. The SMILES string of the molecule is COc1ccc(Cl)cc1NC(=O)C(C)OC(=O)c1ccc(CNC(C)=O)cc1. The highest BCUT2D eigenvalue weighted by Gasteiger charge is 2.20. The number of ether oxygens (including phenoxy) is 2. The molecule has 0 spiro atoms. The summed E-state index contributed by atoms with van der Waals surface area (Å²) in [4.78, 5) is 35.5. The van der Waals surface area contributed by atoms with Crippen LogP contribution in [0.1, 0.15) is 29.8 Å². The summed E-state index contributed by atoms with van der Waals surface area (Å²) >= 11 is 5.94. The summed E-state index contributed by atoms with van der Waals surface area (Å²) in [5.41, 5.74) is 1.52. The van der Waals surface area contributed by atoms with Gasteiger partial charge in [0.25, 0.3) is 5.91 Å². The number of benzene rings is 2. The highest BCUT2D eigenvalue weighted by Crippen LogP contribution is 2.27. The second-order valence-electron chi connectivity index (χ2n) is 5.99. The quantitative estimate of drug-likeness (QED) is 0.691. The molecule has 0 radical (unpaired) electrons. The average molecular weight is 405 g/mol. The standard InChI is InChI=1S/C20H21ClN2O5/c1-12(19(25)23-17-10-16(21)8-9-18(17)27-3)28-20(26)15-6-4-14(5-7-15)11-22-13(2)24/h4-10,12H,11H2,1-3H3,(H,22,24)(H,23,25). The Kier molecular flexibility index (Phi) is 7.40. The molecule has 0 aliphatic carbocycles. The van der Waals surface area contributed by atoms with Crippen LogP contribution in [-0.4, -0.2) is 31.0 Å². The summed E-state index contributed by atoms with van der Waals surface area (Å²) in [6, 6.07) is 11.4. The molecule has 0 heterocycles. The van der Waals surface area contributed by atoms with Gasteiger partial charge in [-0.2, -0.15) is 0 Å². The molecule has 28 heavy (non-hydrogen) atoms. The lowest BCUT2D eigenvalue weighted by atomic mass is 10.1. The van der Waals surface area contributed by atoms with E-state index in [0.29, 0.717) is 28.6 Å². The molecule has 2 rings (SSSR count). The van der Waals surface area contributed by atoms with Gasteiger partial charge in [-0.1, -0.05) is 23.7 Å². The predicted octanol–water partition coefficient (Wildman–Crippen LogP) is 3.17. The van der Waals surface area contributed by atoms with E-state index >= 15 is 0 Å². The fraction of sp³-hybridized carbons (Fsp3) is 0.250. The maximum absolute atomic E-state index is 12.3. The molecule has 0 saturated heterocycles. The molecule has 0 aliphatic rings. The first-order valence-corrected chi connectivity index (χ1v) is 8.86. The molecule has 0 fully saturated rings. The topological polar surface area (TPSA) is 93.7 Å². The number of hydrogen-bond donors (Lipinski definition) is 2. The summed E-state index contributed by atoms with van der Waals surface area (Å²) in [5, 5.41) is 5.73. The van der Waals surface area contributed by atoms with E-state index in [4.69, 9.17) is 21.1 Å². The molecular weight excluding hydrogens is 384 g/mol. The van der Waals surface area contributed by atoms with Crippen LogP contribution in [0, 0.1) is 0 Å². The van der Waals surface area contributed by atoms with Gasteiger partial charge in [0, 0.05) is 18.5 Å². The number of rotatable bonds is 7. The second-order valence-corrected chi connectivity index (χ2v) is 6.42. The Hall–Kier alpha value is -3.06. The lowest BCUT2D eigenvalue weighted by Crippen LogP contribution is -2.30. The van der Waals surface area contributed by atoms with E-state index in [9.17, 15) is 14.4 Å². The van der Waals surface area contributed by atoms with Gasteiger partial charge in [-0.25, -0.2) is 4.79 Å². The molecule has 148 valence electrons. The number of amides is 2. The van der Waals surface area contributed by atoms with E-state index in [1.54, 1.807) is 42.5 Å². The maximum Gasteiger partial charge on any atom is 0.338 e. The van der Waals surface area contributed by atoms with Gasteiger partial charge < -0.3 is 20.1 Å². The number of nitrogens with one attached hydrogen (secondary N) is 2. The van der Waals surface area contributed by atoms with Crippen LogP contribution in [0.5, 0.6) is 5.75 Å². The van der Waals surface area contributed by atoms with Crippen LogP contribution in [0.15, 0.2) is 42.5 Å². The van der Waals surface area contributed by atoms with Crippen LogP contribution in [0.25, 0.3) is 0 Å². The van der Waals surface area contributed by atoms with Gasteiger partial charge in [-0.3, -0.25) is 9.59 Å². The summed E-state index contributed by atoms with van der Waals surface area (Å²) < 4.78 is 10.4. The zero-order chi connectivity index (χ0) is 20.7. The minimum Gasteiger partial charge on any atom is -0.495 e. The Balaban J connectivity index is 1.97. The fourth-order valence-electron chi connectivity index (χ4n) is 2.28. The molecular formula is C20H21ClN2O5. The van der Waals surface area contributed by atoms with Gasteiger partial charge in [0.05, 0.1) is 18.4 Å². The third-order valence-corrected chi connectivity index (χ3v) is 4.04. The van der Waals surface area contributed by atoms with Gasteiger partial charge in [-0.15, -0.1) is 0 Å². The van der Waals surface area contributed by atoms with Crippen LogP contribution in [0.3, 0.4) is 0 Å². The maximum atomic E-state index is 12.3. The highest BCUT2D eigenvalue weighted by atomic mass is 35.5.